The summed E-state index contributed by atoms with van der Waals surface area (Å²) in [6, 6.07) is 10.3. The molecule has 0 unspecified atom stereocenters. The number of carbonyl (C=O) groups is 3. The Kier molecular flexibility index (Phi) is 8.49. The van der Waals surface area contributed by atoms with E-state index in [9.17, 15) is 14.4 Å². The minimum absolute atomic E-state index is 0.00759. The van der Waals surface area contributed by atoms with Crippen LogP contribution in [-0.2, 0) is 16.0 Å². The minimum atomic E-state index is -0.493. The van der Waals surface area contributed by atoms with Crippen LogP contribution in [0.5, 0.6) is 0 Å². The number of benzene rings is 1. The van der Waals surface area contributed by atoms with Crippen molar-refractivity contribution in [3.63, 3.8) is 0 Å². The van der Waals surface area contributed by atoms with E-state index in [-0.39, 0.29) is 24.1 Å². The second-order valence-electron chi connectivity index (χ2n) is 8.04. The molecule has 182 valence electrons. The average Bonchev–Trinajstić information content (AvgIpc) is 3.53. The van der Waals surface area contributed by atoms with Crippen molar-refractivity contribution in [3.05, 3.63) is 59.9 Å². The first kappa shape index (κ1) is 24.9. The van der Waals surface area contributed by atoms with Crippen molar-refractivity contribution in [1.82, 2.24) is 9.97 Å². The third-order valence-corrected chi connectivity index (χ3v) is 7.49. The largest absolute Gasteiger partial charge is 0.466 e. The van der Waals surface area contributed by atoms with Gasteiger partial charge in [-0.05, 0) is 49.6 Å². The smallest absolute Gasteiger partial charge is 0.325 e. The van der Waals surface area contributed by atoms with Gasteiger partial charge in [0.05, 0.1) is 29.1 Å². The lowest BCUT2D eigenvalue weighted by atomic mass is 9.93. The van der Waals surface area contributed by atoms with Crippen molar-refractivity contribution in [2.75, 3.05) is 17.2 Å². The Morgan fingerprint density at radius 1 is 1.11 bits per heavy atom. The van der Waals surface area contributed by atoms with E-state index in [1.165, 1.54) is 23.1 Å². The fourth-order valence-electron chi connectivity index (χ4n) is 3.93. The lowest BCUT2D eigenvalue weighted by Crippen LogP contribution is -2.22. The molecule has 0 spiro atoms. The molecule has 2 heterocycles. The number of anilines is 2. The van der Waals surface area contributed by atoms with Gasteiger partial charge in [-0.15, -0.1) is 0 Å². The van der Waals surface area contributed by atoms with Crippen LogP contribution in [0.4, 0.5) is 15.6 Å². The number of nitrogens with zero attached hydrogens (tertiary/aromatic N) is 2. The van der Waals surface area contributed by atoms with Gasteiger partial charge in [0.25, 0.3) is 0 Å². The molecule has 1 fully saturated rings. The van der Waals surface area contributed by atoms with E-state index < -0.39 is 6.03 Å². The van der Waals surface area contributed by atoms with Crippen molar-refractivity contribution >= 4 is 51.7 Å². The molecule has 0 saturated heterocycles. The van der Waals surface area contributed by atoms with Gasteiger partial charge in [-0.25, -0.2) is 14.8 Å². The number of ketones is 1. The number of carbonyl (C=O) groups excluding carboxylic acids is 3. The fourth-order valence-corrected chi connectivity index (χ4v) is 5.70. The first-order valence-electron chi connectivity index (χ1n) is 11.5. The Bertz CT molecular complexity index is 1190. The highest BCUT2D eigenvalue weighted by molar-refractivity contribution is 8.01. The van der Waals surface area contributed by atoms with E-state index in [1.807, 2.05) is 18.2 Å². The lowest BCUT2D eigenvalue weighted by Gasteiger charge is -2.15. The molecule has 0 aliphatic heterocycles. The maximum atomic E-state index is 13.2. The molecule has 2 amide bonds. The summed E-state index contributed by atoms with van der Waals surface area (Å²) >= 11 is 2.79. The molecule has 1 aromatic carbocycles. The maximum Gasteiger partial charge on any atom is 0.325 e. The molecule has 0 atom stereocenters. The predicted molar refractivity (Wildman–Crippen MR) is 136 cm³/mol. The number of thiazole rings is 1. The first-order chi connectivity index (χ1) is 17.0. The zero-order valence-electron chi connectivity index (χ0n) is 19.3. The topological polar surface area (TPSA) is 110 Å². The van der Waals surface area contributed by atoms with Crippen molar-refractivity contribution in [1.29, 1.82) is 0 Å². The van der Waals surface area contributed by atoms with Gasteiger partial charge in [0.1, 0.15) is 5.03 Å². The molecule has 3 aromatic rings. The van der Waals surface area contributed by atoms with Crippen LogP contribution in [0.15, 0.2) is 58.0 Å². The molecule has 1 aliphatic rings. The zero-order valence-corrected chi connectivity index (χ0v) is 20.9. The van der Waals surface area contributed by atoms with Crippen LogP contribution in [0, 0.1) is 5.92 Å². The van der Waals surface area contributed by atoms with E-state index >= 15 is 0 Å². The number of Topliss-reactive ketones (excluding diaryl/α,β-unsaturated/α-hetero) is 1. The zero-order chi connectivity index (χ0) is 24.6. The van der Waals surface area contributed by atoms with Gasteiger partial charge >= 0.3 is 12.0 Å². The fraction of sp³-hybridized carbons (Fsp3) is 0.320. The summed E-state index contributed by atoms with van der Waals surface area (Å²) in [7, 11) is 0. The second-order valence-corrected chi connectivity index (χ2v) is 10.4. The molecule has 0 radical (unpaired) electrons. The number of rotatable bonds is 9. The highest BCUT2D eigenvalue weighted by Crippen LogP contribution is 2.33. The lowest BCUT2D eigenvalue weighted by molar-refractivity contribution is -0.142. The summed E-state index contributed by atoms with van der Waals surface area (Å²) in [4.78, 5) is 46.4. The third kappa shape index (κ3) is 6.89. The van der Waals surface area contributed by atoms with Gasteiger partial charge in [-0.3, -0.25) is 14.9 Å². The molecular weight excluding hydrogens is 484 g/mol. The quantitative estimate of drug-likeness (QED) is 0.276. The molecule has 2 N–H and O–H groups in total. The number of esters is 1. The number of urea groups is 1. The number of amides is 2. The van der Waals surface area contributed by atoms with Crippen LogP contribution >= 0.6 is 23.1 Å². The van der Waals surface area contributed by atoms with Gasteiger partial charge in [-0.1, -0.05) is 48.1 Å². The van der Waals surface area contributed by atoms with Crippen molar-refractivity contribution < 1.29 is 19.1 Å². The first-order valence-corrected chi connectivity index (χ1v) is 13.1. The van der Waals surface area contributed by atoms with Gasteiger partial charge in [0.15, 0.2) is 10.9 Å². The van der Waals surface area contributed by atoms with Crippen LogP contribution in [0.3, 0.4) is 0 Å². The van der Waals surface area contributed by atoms with E-state index in [4.69, 9.17) is 4.74 Å². The molecule has 2 aromatic heterocycles. The monoisotopic (exact) mass is 510 g/mol. The normalized spacial score (nSPS) is 13.4. The van der Waals surface area contributed by atoms with Gasteiger partial charge in [0.2, 0.25) is 0 Å². The SMILES string of the molecule is CCOC(=O)Cc1ccc(NC(=O)Nc2ncc(Sc3ccccn3)s2)c(C(=O)C2CCCC2)c1. The Hall–Kier alpha value is -3.24. The summed E-state index contributed by atoms with van der Waals surface area (Å²) in [6.45, 7) is 2.05. The molecule has 8 nitrogen and oxygen atoms in total. The van der Waals surface area contributed by atoms with Gasteiger partial charge in [0, 0.05) is 17.7 Å². The van der Waals surface area contributed by atoms with Crippen LogP contribution in [0.25, 0.3) is 0 Å². The standard InChI is InChI=1S/C25H26N4O4S2/c1-2-33-21(30)14-16-10-11-19(18(13-16)23(31)17-7-3-4-8-17)28-24(32)29-25-27-15-22(35-25)34-20-9-5-6-12-26-20/h5-6,9-13,15,17H,2-4,7-8,14H2,1H3,(H2,27,28,29,32). The third-order valence-electron chi connectivity index (χ3n) is 5.53. The minimum Gasteiger partial charge on any atom is -0.466 e. The number of pyridine rings is 1. The van der Waals surface area contributed by atoms with Gasteiger partial charge < -0.3 is 10.1 Å². The number of aromatic nitrogens is 2. The van der Waals surface area contributed by atoms with Crippen molar-refractivity contribution in [2.24, 2.45) is 5.92 Å². The summed E-state index contributed by atoms with van der Waals surface area (Å²) in [5, 5.41) is 6.79. The Balaban J connectivity index is 1.46. The van der Waals surface area contributed by atoms with Crippen LogP contribution in [0.2, 0.25) is 0 Å². The summed E-state index contributed by atoms with van der Waals surface area (Å²) in [5.74, 6) is -0.429. The average molecular weight is 511 g/mol. The molecular formula is C25H26N4O4S2. The molecule has 1 saturated carbocycles. The number of hydrogen-bond donors (Lipinski definition) is 2. The predicted octanol–water partition coefficient (Wildman–Crippen LogP) is 5.81. The van der Waals surface area contributed by atoms with Gasteiger partial charge in [-0.2, -0.15) is 0 Å². The molecule has 0 bridgehead atoms. The Morgan fingerprint density at radius 2 is 1.94 bits per heavy atom. The number of nitrogens with one attached hydrogen (secondary N) is 2. The van der Waals surface area contributed by atoms with Crippen LogP contribution in [0.1, 0.15) is 48.5 Å². The van der Waals surface area contributed by atoms with E-state index in [1.54, 1.807) is 37.5 Å². The summed E-state index contributed by atoms with van der Waals surface area (Å²) < 4.78 is 5.92. The second kappa shape index (κ2) is 11.9. The van der Waals surface area contributed by atoms with E-state index in [2.05, 4.69) is 20.6 Å². The van der Waals surface area contributed by atoms with Crippen LogP contribution < -0.4 is 10.6 Å². The van der Waals surface area contributed by atoms with Crippen molar-refractivity contribution in [3.8, 4) is 0 Å². The van der Waals surface area contributed by atoms with Crippen molar-refractivity contribution in [2.45, 2.75) is 48.3 Å². The Morgan fingerprint density at radius 3 is 2.69 bits per heavy atom. The summed E-state index contributed by atoms with van der Waals surface area (Å²) in [5.41, 5.74) is 1.50. The highest BCUT2D eigenvalue weighted by Gasteiger charge is 2.26. The van der Waals surface area contributed by atoms with E-state index in [0.29, 0.717) is 28.6 Å². The number of ether oxygens (including phenoxy) is 1. The maximum absolute atomic E-state index is 13.2. The molecule has 4 rings (SSSR count). The van der Waals surface area contributed by atoms with Crippen LogP contribution in [-0.4, -0.2) is 34.4 Å². The summed E-state index contributed by atoms with van der Waals surface area (Å²) in [6.07, 6.45) is 7.18. The molecule has 10 heteroatoms. The molecule has 35 heavy (non-hydrogen) atoms. The highest BCUT2D eigenvalue weighted by atomic mass is 32.2. The van der Waals surface area contributed by atoms with E-state index in [0.717, 1.165) is 34.9 Å². The Labute approximate surface area is 211 Å². The molecule has 1 aliphatic carbocycles. The number of hydrogen-bond acceptors (Lipinski definition) is 8.